The van der Waals surface area contributed by atoms with E-state index in [9.17, 15) is 4.79 Å². The highest BCUT2D eigenvalue weighted by Gasteiger charge is 2.32. The average molecular weight is 350 g/mol. The van der Waals surface area contributed by atoms with E-state index in [4.69, 9.17) is 4.74 Å². The summed E-state index contributed by atoms with van der Waals surface area (Å²) in [6, 6.07) is 12.0. The molecule has 1 aromatic carbocycles. The number of hydrogen-bond donors (Lipinski definition) is 2. The zero-order valence-corrected chi connectivity index (χ0v) is 14.5. The van der Waals surface area contributed by atoms with Crippen LogP contribution >= 0.6 is 0 Å². The van der Waals surface area contributed by atoms with E-state index in [0.717, 1.165) is 17.8 Å². The maximum atomic E-state index is 12.4. The van der Waals surface area contributed by atoms with E-state index in [2.05, 4.69) is 39.7 Å². The molecule has 2 unspecified atom stereocenters. The van der Waals surface area contributed by atoms with E-state index in [1.165, 1.54) is 23.8 Å². The molecular formula is C20H22N4O2. The summed E-state index contributed by atoms with van der Waals surface area (Å²) in [6.45, 7) is 1.86. The molecule has 2 N–H and O–H groups in total. The van der Waals surface area contributed by atoms with Crippen molar-refractivity contribution in [2.24, 2.45) is 0 Å². The van der Waals surface area contributed by atoms with Gasteiger partial charge in [-0.3, -0.25) is 4.79 Å². The molecule has 1 aliphatic carbocycles. The van der Waals surface area contributed by atoms with Crippen molar-refractivity contribution in [2.75, 3.05) is 13.2 Å². The fraction of sp³-hybridized carbons (Fsp3) is 0.400. The van der Waals surface area contributed by atoms with Crippen molar-refractivity contribution < 1.29 is 4.74 Å². The molecule has 3 aromatic rings. The summed E-state index contributed by atoms with van der Waals surface area (Å²) in [5.74, 6) is 0.531. The first-order valence-corrected chi connectivity index (χ1v) is 9.25. The molecule has 5 rings (SSSR count). The lowest BCUT2D eigenvalue weighted by Gasteiger charge is -2.21. The van der Waals surface area contributed by atoms with Crippen LogP contribution in [0, 0.1) is 0 Å². The third-order valence-electron chi connectivity index (χ3n) is 5.39. The van der Waals surface area contributed by atoms with Gasteiger partial charge in [-0.15, -0.1) is 0 Å². The van der Waals surface area contributed by atoms with Crippen molar-refractivity contribution >= 4 is 10.9 Å². The quantitative estimate of drug-likeness (QED) is 0.741. The Morgan fingerprint density at radius 2 is 2.12 bits per heavy atom. The summed E-state index contributed by atoms with van der Waals surface area (Å²) < 4.78 is 7.31. The minimum atomic E-state index is -0.0582. The number of nitrogens with zero attached hydrogens (tertiary/aromatic N) is 2. The van der Waals surface area contributed by atoms with Gasteiger partial charge >= 0.3 is 0 Å². The Labute approximate surface area is 151 Å². The molecule has 1 aliphatic heterocycles. The van der Waals surface area contributed by atoms with Gasteiger partial charge < -0.3 is 15.0 Å². The summed E-state index contributed by atoms with van der Waals surface area (Å²) in [6.07, 6.45) is 4.30. The van der Waals surface area contributed by atoms with E-state index in [1.807, 2.05) is 12.3 Å². The minimum absolute atomic E-state index is 0.0505. The number of hydrogen-bond acceptors (Lipinski definition) is 4. The molecule has 1 saturated carbocycles. The molecule has 2 atom stereocenters. The lowest BCUT2D eigenvalue weighted by Crippen LogP contribution is -2.41. The van der Waals surface area contributed by atoms with Gasteiger partial charge in [-0.25, -0.2) is 4.68 Å². The highest BCUT2D eigenvalue weighted by atomic mass is 16.5. The number of H-pyrrole nitrogens is 1. The number of aromatic nitrogens is 3. The molecule has 2 aromatic heterocycles. The molecule has 2 aliphatic rings. The second-order valence-electron chi connectivity index (χ2n) is 7.31. The Morgan fingerprint density at radius 3 is 3.00 bits per heavy atom. The first-order chi connectivity index (χ1) is 12.8. The third-order valence-corrected chi connectivity index (χ3v) is 5.39. The molecule has 0 radical (unpaired) electrons. The van der Waals surface area contributed by atoms with E-state index < -0.39 is 0 Å². The van der Waals surface area contributed by atoms with Gasteiger partial charge in [0, 0.05) is 30.2 Å². The van der Waals surface area contributed by atoms with Crippen LogP contribution < -0.4 is 10.9 Å². The Balaban J connectivity index is 1.34. The second kappa shape index (κ2) is 6.37. The van der Waals surface area contributed by atoms with Crippen LogP contribution in [-0.2, 0) is 11.3 Å². The SMILES string of the molecule is O=c1ccc(C2CC2)nn1C1COCC1NCc1ccc2[nH]ccc2c1. The van der Waals surface area contributed by atoms with Crippen LogP contribution in [0.25, 0.3) is 10.9 Å². The molecule has 26 heavy (non-hydrogen) atoms. The largest absolute Gasteiger partial charge is 0.377 e. The number of fused-ring (bicyclic) bond motifs is 1. The second-order valence-corrected chi connectivity index (χ2v) is 7.31. The maximum absolute atomic E-state index is 12.4. The molecule has 3 heterocycles. The van der Waals surface area contributed by atoms with Crippen LogP contribution in [0.3, 0.4) is 0 Å². The van der Waals surface area contributed by atoms with Crippen molar-refractivity contribution in [3.8, 4) is 0 Å². The van der Waals surface area contributed by atoms with Gasteiger partial charge in [0.2, 0.25) is 0 Å². The fourth-order valence-electron chi connectivity index (χ4n) is 3.72. The normalized spacial score (nSPS) is 22.9. The maximum Gasteiger partial charge on any atom is 0.267 e. The zero-order chi connectivity index (χ0) is 17.5. The smallest absolute Gasteiger partial charge is 0.267 e. The first kappa shape index (κ1) is 15.8. The van der Waals surface area contributed by atoms with E-state index in [1.54, 1.807) is 10.7 Å². The van der Waals surface area contributed by atoms with Crippen LogP contribution in [0.2, 0.25) is 0 Å². The molecule has 6 nitrogen and oxygen atoms in total. The summed E-state index contributed by atoms with van der Waals surface area (Å²) in [4.78, 5) is 15.6. The lowest BCUT2D eigenvalue weighted by molar-refractivity contribution is 0.180. The number of rotatable bonds is 5. The third kappa shape index (κ3) is 2.95. The van der Waals surface area contributed by atoms with Gasteiger partial charge in [-0.05, 0) is 48.1 Å². The van der Waals surface area contributed by atoms with Gasteiger partial charge in [-0.1, -0.05) is 6.07 Å². The monoisotopic (exact) mass is 350 g/mol. The number of aromatic amines is 1. The number of benzene rings is 1. The molecule has 6 heteroatoms. The molecule has 0 spiro atoms. The van der Waals surface area contributed by atoms with Crippen LogP contribution in [0.5, 0.6) is 0 Å². The molecule has 2 fully saturated rings. The highest BCUT2D eigenvalue weighted by molar-refractivity contribution is 5.79. The van der Waals surface area contributed by atoms with Crippen molar-refractivity contribution in [1.29, 1.82) is 0 Å². The van der Waals surface area contributed by atoms with Crippen molar-refractivity contribution in [2.45, 2.75) is 37.4 Å². The Kier molecular flexibility index (Phi) is 3.87. The standard InChI is InChI=1S/C20H22N4O2/c25-20-6-5-17(14-2-3-14)23-24(20)19-12-26-11-18(19)22-10-13-1-4-16-15(9-13)7-8-21-16/h1,4-9,14,18-19,21-22H,2-3,10-12H2. The lowest BCUT2D eigenvalue weighted by atomic mass is 10.1. The Morgan fingerprint density at radius 1 is 1.19 bits per heavy atom. The highest BCUT2D eigenvalue weighted by Crippen LogP contribution is 2.38. The number of ether oxygens (including phenoxy) is 1. The number of nitrogens with one attached hydrogen (secondary N) is 2. The average Bonchev–Trinajstić information content (AvgIpc) is 3.22. The first-order valence-electron chi connectivity index (χ1n) is 9.25. The van der Waals surface area contributed by atoms with E-state index >= 15 is 0 Å². The van der Waals surface area contributed by atoms with Crippen molar-refractivity contribution in [3.05, 3.63) is 64.2 Å². The van der Waals surface area contributed by atoms with Crippen LogP contribution in [0.15, 0.2) is 47.4 Å². The minimum Gasteiger partial charge on any atom is -0.377 e. The molecule has 0 amide bonds. The van der Waals surface area contributed by atoms with E-state index in [0.29, 0.717) is 19.1 Å². The van der Waals surface area contributed by atoms with Crippen molar-refractivity contribution in [1.82, 2.24) is 20.1 Å². The zero-order valence-electron chi connectivity index (χ0n) is 14.5. The molecule has 134 valence electrons. The molecule has 1 saturated heterocycles. The molecule has 0 bridgehead atoms. The summed E-state index contributed by atoms with van der Waals surface area (Å²) in [5, 5.41) is 9.40. The van der Waals surface area contributed by atoms with Gasteiger partial charge in [0.05, 0.1) is 31.0 Å². The van der Waals surface area contributed by atoms with Gasteiger partial charge in [0.25, 0.3) is 5.56 Å². The Bertz CT molecular complexity index is 989. The van der Waals surface area contributed by atoms with Gasteiger partial charge in [0.1, 0.15) is 0 Å². The Hall–Kier alpha value is -2.44. The predicted octanol–water partition coefficient (Wildman–Crippen LogP) is 2.33. The summed E-state index contributed by atoms with van der Waals surface area (Å²) >= 11 is 0. The molecular weight excluding hydrogens is 328 g/mol. The van der Waals surface area contributed by atoms with Crippen LogP contribution in [-0.4, -0.2) is 34.0 Å². The van der Waals surface area contributed by atoms with Gasteiger partial charge in [-0.2, -0.15) is 5.10 Å². The fourth-order valence-corrected chi connectivity index (χ4v) is 3.72. The summed E-state index contributed by atoms with van der Waals surface area (Å²) in [7, 11) is 0. The predicted molar refractivity (Wildman–Crippen MR) is 99.3 cm³/mol. The topological polar surface area (TPSA) is 71.9 Å². The van der Waals surface area contributed by atoms with Crippen LogP contribution in [0.1, 0.15) is 36.1 Å². The summed E-state index contributed by atoms with van der Waals surface area (Å²) in [5.41, 5.74) is 3.34. The van der Waals surface area contributed by atoms with Crippen molar-refractivity contribution in [3.63, 3.8) is 0 Å². The van der Waals surface area contributed by atoms with Crippen LogP contribution in [0.4, 0.5) is 0 Å². The van der Waals surface area contributed by atoms with E-state index in [-0.39, 0.29) is 17.6 Å². The van der Waals surface area contributed by atoms with Gasteiger partial charge in [0.15, 0.2) is 0 Å².